The molecule has 11 nitrogen and oxygen atoms in total. The largest absolute Gasteiger partial charge is 0.505 e. The van der Waals surface area contributed by atoms with Crippen molar-refractivity contribution >= 4 is 20.4 Å². The summed E-state index contributed by atoms with van der Waals surface area (Å²) >= 11 is 0. The standard InChI is InChI=1S/C8H10NO6P.C8H9NO3/c1-5-8(11)7(3-10)6(2-9-5)4-15-16(12,13)14;1-5-8(12)7(4-11)6(3-10)2-9-5/h2-3,11H,4H2,1H3,(H2,12,13,14);2,4,10,12H,3H2,1H3. The van der Waals surface area contributed by atoms with E-state index in [1.165, 1.54) is 19.3 Å². The Kier molecular flexibility index (Phi) is 8.35. The minimum Gasteiger partial charge on any atom is -0.505 e. The highest BCUT2D eigenvalue weighted by Gasteiger charge is 2.17. The molecule has 0 saturated carbocycles. The fraction of sp³-hybridized carbons (Fsp3) is 0.250. The number of pyridine rings is 2. The Bertz CT molecular complexity index is 911. The van der Waals surface area contributed by atoms with Gasteiger partial charge in [0, 0.05) is 23.5 Å². The number of hydrogen-bond donors (Lipinski definition) is 5. The first kappa shape index (κ1) is 23.3. The second kappa shape index (κ2) is 10.0. The van der Waals surface area contributed by atoms with Gasteiger partial charge in [-0.3, -0.25) is 24.1 Å². The van der Waals surface area contributed by atoms with Crippen molar-refractivity contribution < 1.29 is 43.8 Å². The summed E-state index contributed by atoms with van der Waals surface area (Å²) in [7, 11) is -4.61. The summed E-state index contributed by atoms with van der Waals surface area (Å²) in [5.74, 6) is -0.474. The zero-order chi connectivity index (χ0) is 21.5. The number of carbonyl (C=O) groups is 2. The van der Waals surface area contributed by atoms with Gasteiger partial charge in [-0.2, -0.15) is 0 Å². The molecule has 0 radical (unpaired) electrons. The Morgan fingerprint density at radius 2 is 1.39 bits per heavy atom. The van der Waals surface area contributed by atoms with Gasteiger partial charge in [0.15, 0.2) is 12.6 Å². The predicted octanol–water partition coefficient (Wildman–Crippen LogP) is 0.918. The molecule has 0 aliphatic carbocycles. The second-order valence-electron chi connectivity index (χ2n) is 5.42. The molecule has 2 rings (SSSR count). The van der Waals surface area contributed by atoms with Gasteiger partial charge in [-0.15, -0.1) is 0 Å². The van der Waals surface area contributed by atoms with Crippen LogP contribution in [0.5, 0.6) is 11.5 Å². The molecular formula is C16H19N2O9P. The molecular weight excluding hydrogens is 395 g/mol. The second-order valence-corrected chi connectivity index (χ2v) is 6.66. The van der Waals surface area contributed by atoms with Gasteiger partial charge < -0.3 is 25.1 Å². The highest BCUT2D eigenvalue weighted by atomic mass is 31.2. The van der Waals surface area contributed by atoms with E-state index in [1.807, 2.05) is 0 Å². The van der Waals surface area contributed by atoms with Gasteiger partial charge in [0.1, 0.15) is 11.5 Å². The number of rotatable bonds is 6. The molecule has 0 aromatic carbocycles. The first-order valence-corrected chi connectivity index (χ1v) is 9.14. The van der Waals surface area contributed by atoms with Crippen LogP contribution >= 0.6 is 7.82 Å². The molecule has 12 heteroatoms. The van der Waals surface area contributed by atoms with Gasteiger partial charge >= 0.3 is 7.82 Å². The summed E-state index contributed by atoms with van der Waals surface area (Å²) in [5, 5.41) is 27.5. The maximum Gasteiger partial charge on any atom is 0.469 e. The number of phosphoric ester groups is 1. The molecule has 2 heterocycles. The van der Waals surface area contributed by atoms with Crippen molar-refractivity contribution in [3.05, 3.63) is 46.0 Å². The Morgan fingerprint density at radius 3 is 1.79 bits per heavy atom. The minimum atomic E-state index is -4.61. The van der Waals surface area contributed by atoms with E-state index in [4.69, 9.17) is 14.9 Å². The molecule has 0 fully saturated rings. The lowest BCUT2D eigenvalue weighted by atomic mass is 10.1. The molecule has 0 aliphatic heterocycles. The third-order valence-electron chi connectivity index (χ3n) is 3.51. The van der Waals surface area contributed by atoms with Crippen LogP contribution in [-0.4, -0.2) is 47.6 Å². The molecule has 2 aromatic heterocycles. The van der Waals surface area contributed by atoms with Gasteiger partial charge in [-0.05, 0) is 13.8 Å². The van der Waals surface area contributed by atoms with Crippen LogP contribution in [0.4, 0.5) is 0 Å². The van der Waals surface area contributed by atoms with E-state index in [9.17, 15) is 24.4 Å². The Balaban J connectivity index is 0.000000292. The number of nitrogens with zero attached hydrogens (tertiary/aromatic N) is 2. The maximum absolute atomic E-state index is 10.7. The van der Waals surface area contributed by atoms with Crippen molar-refractivity contribution in [3.63, 3.8) is 0 Å². The number of aromatic nitrogens is 2. The molecule has 5 N–H and O–H groups in total. The van der Waals surface area contributed by atoms with Gasteiger partial charge in [0.05, 0.1) is 35.7 Å². The van der Waals surface area contributed by atoms with Gasteiger partial charge in [0.2, 0.25) is 0 Å². The van der Waals surface area contributed by atoms with Crippen LogP contribution in [-0.2, 0) is 22.3 Å². The van der Waals surface area contributed by atoms with Crippen molar-refractivity contribution in [1.29, 1.82) is 0 Å². The number of phosphoric acid groups is 1. The summed E-state index contributed by atoms with van der Waals surface area (Å²) in [6.45, 7) is 2.29. The lowest BCUT2D eigenvalue weighted by Crippen LogP contribution is -1.99. The number of carbonyl (C=O) groups excluding carboxylic acids is 2. The smallest absolute Gasteiger partial charge is 0.469 e. The van der Waals surface area contributed by atoms with Crippen LogP contribution in [0.3, 0.4) is 0 Å². The van der Waals surface area contributed by atoms with Crippen LogP contribution in [0, 0.1) is 13.8 Å². The lowest BCUT2D eigenvalue weighted by molar-refractivity contribution is 0.110. The van der Waals surface area contributed by atoms with E-state index in [1.54, 1.807) is 6.92 Å². The third-order valence-corrected chi connectivity index (χ3v) is 3.98. The minimum absolute atomic E-state index is 0.0825. The Morgan fingerprint density at radius 1 is 0.964 bits per heavy atom. The zero-order valence-electron chi connectivity index (χ0n) is 14.9. The van der Waals surface area contributed by atoms with Crippen LogP contribution in [0.15, 0.2) is 12.4 Å². The topological polar surface area (TPSA) is 187 Å². The third kappa shape index (κ3) is 6.19. The summed E-state index contributed by atoms with van der Waals surface area (Å²) < 4.78 is 14.7. The van der Waals surface area contributed by atoms with Gasteiger partial charge in [-0.1, -0.05) is 0 Å². The van der Waals surface area contributed by atoms with Gasteiger partial charge in [-0.25, -0.2) is 4.57 Å². The average Bonchev–Trinajstić information content (AvgIpc) is 2.64. The Labute approximate surface area is 159 Å². The number of aliphatic hydroxyl groups is 1. The highest BCUT2D eigenvalue weighted by Crippen LogP contribution is 2.37. The molecule has 0 unspecified atom stereocenters. The van der Waals surface area contributed by atoms with E-state index >= 15 is 0 Å². The first-order valence-electron chi connectivity index (χ1n) is 7.61. The molecule has 2 aromatic rings. The predicted molar refractivity (Wildman–Crippen MR) is 94.8 cm³/mol. The quantitative estimate of drug-likeness (QED) is 0.334. The van der Waals surface area contributed by atoms with Crippen molar-refractivity contribution in [2.45, 2.75) is 27.1 Å². The molecule has 0 saturated heterocycles. The molecule has 0 atom stereocenters. The molecule has 152 valence electrons. The molecule has 0 bridgehead atoms. The van der Waals surface area contributed by atoms with Crippen molar-refractivity contribution in [2.24, 2.45) is 0 Å². The summed E-state index contributed by atoms with van der Waals surface area (Å²) in [5.41, 5.74) is 1.12. The molecule has 28 heavy (non-hydrogen) atoms. The van der Waals surface area contributed by atoms with E-state index in [2.05, 4.69) is 14.5 Å². The SMILES string of the molecule is Cc1ncc(CO)c(C=O)c1O.Cc1ncc(COP(=O)(O)O)c(C=O)c1O. The summed E-state index contributed by atoms with van der Waals surface area (Å²) in [4.78, 5) is 45.7. The average molecular weight is 414 g/mol. The first-order chi connectivity index (χ1) is 13.1. The fourth-order valence-corrected chi connectivity index (χ4v) is 2.27. The highest BCUT2D eigenvalue weighted by molar-refractivity contribution is 7.46. The van der Waals surface area contributed by atoms with Crippen LogP contribution in [0.2, 0.25) is 0 Å². The normalized spacial score (nSPS) is 10.8. The zero-order valence-corrected chi connectivity index (χ0v) is 15.8. The van der Waals surface area contributed by atoms with Crippen molar-refractivity contribution in [2.75, 3.05) is 0 Å². The van der Waals surface area contributed by atoms with Crippen LogP contribution < -0.4 is 0 Å². The molecule has 0 spiro atoms. The number of aryl methyl sites for hydroxylation is 2. The lowest BCUT2D eigenvalue weighted by Gasteiger charge is -2.09. The van der Waals surface area contributed by atoms with Crippen LogP contribution in [0.25, 0.3) is 0 Å². The van der Waals surface area contributed by atoms with Gasteiger partial charge in [0.25, 0.3) is 0 Å². The molecule has 0 amide bonds. The number of aromatic hydroxyl groups is 2. The van der Waals surface area contributed by atoms with E-state index < -0.39 is 14.4 Å². The summed E-state index contributed by atoms with van der Waals surface area (Å²) in [6.07, 6.45) is 3.48. The van der Waals surface area contributed by atoms with Crippen molar-refractivity contribution in [3.8, 4) is 11.5 Å². The van der Waals surface area contributed by atoms with E-state index in [-0.39, 0.29) is 40.5 Å². The monoisotopic (exact) mass is 414 g/mol. The molecule has 0 aliphatic rings. The van der Waals surface area contributed by atoms with E-state index in [0.717, 1.165) is 0 Å². The van der Waals surface area contributed by atoms with Crippen molar-refractivity contribution in [1.82, 2.24) is 9.97 Å². The van der Waals surface area contributed by atoms with Crippen LogP contribution in [0.1, 0.15) is 43.2 Å². The number of aliphatic hydroxyl groups excluding tert-OH is 1. The number of aldehydes is 2. The summed E-state index contributed by atoms with van der Waals surface area (Å²) in [6, 6.07) is 0. The number of hydrogen-bond acceptors (Lipinski definition) is 9. The maximum atomic E-state index is 10.7. The fourth-order valence-electron chi connectivity index (χ4n) is 1.96. The Hall–Kier alpha value is -2.69. The van der Waals surface area contributed by atoms with E-state index in [0.29, 0.717) is 23.8 Å².